The molecule has 2 bridgehead atoms. The van der Waals surface area contributed by atoms with Gasteiger partial charge in [0.25, 0.3) is 0 Å². The Balaban J connectivity index is 1.50. The van der Waals surface area contributed by atoms with Crippen LogP contribution in [0.15, 0.2) is 18.2 Å². The molecule has 0 spiro atoms. The molecule has 1 aromatic carbocycles. The maximum atomic E-state index is 9.80. The van der Waals surface area contributed by atoms with E-state index in [0.29, 0.717) is 17.3 Å². The summed E-state index contributed by atoms with van der Waals surface area (Å²) in [5, 5.41) is 14.0. The number of hydrogen-bond acceptors (Lipinski definition) is 3. The fourth-order valence-corrected chi connectivity index (χ4v) is 3.99. The molecule has 20 heavy (non-hydrogen) atoms. The molecule has 1 aromatic rings. The van der Waals surface area contributed by atoms with E-state index in [0.717, 1.165) is 30.1 Å². The highest BCUT2D eigenvalue weighted by Gasteiger charge is 2.37. The molecule has 0 saturated carbocycles. The van der Waals surface area contributed by atoms with Gasteiger partial charge in [0, 0.05) is 29.2 Å². The summed E-state index contributed by atoms with van der Waals surface area (Å²) in [6.45, 7) is 1.72. The zero-order valence-corrected chi connectivity index (χ0v) is 12.7. The number of nitrogens with one attached hydrogen (secondary N) is 1. The number of hydrogen-bond donors (Lipinski definition) is 2. The van der Waals surface area contributed by atoms with Crippen molar-refractivity contribution in [2.24, 2.45) is 5.92 Å². The number of halogens is 1. The van der Waals surface area contributed by atoms with Crippen LogP contribution in [0, 0.1) is 5.92 Å². The molecule has 0 radical (unpaired) electrons. The number of fused-ring (bicyclic) bond motifs is 2. The molecule has 2 saturated heterocycles. The van der Waals surface area contributed by atoms with Gasteiger partial charge < -0.3 is 15.3 Å². The van der Waals surface area contributed by atoms with Gasteiger partial charge in [-0.1, -0.05) is 11.6 Å². The van der Waals surface area contributed by atoms with Gasteiger partial charge in [-0.05, 0) is 63.4 Å². The van der Waals surface area contributed by atoms with E-state index in [1.54, 1.807) is 12.1 Å². The lowest BCUT2D eigenvalue weighted by molar-refractivity contribution is 0.133. The quantitative estimate of drug-likeness (QED) is 0.896. The van der Waals surface area contributed by atoms with Gasteiger partial charge in [-0.3, -0.25) is 0 Å². The molecule has 2 aliphatic rings. The summed E-state index contributed by atoms with van der Waals surface area (Å²) in [5.74, 6) is 1.09. The predicted octanol–water partition coefficient (Wildman–Crippen LogP) is 3.01. The summed E-state index contributed by atoms with van der Waals surface area (Å²) < 4.78 is 0. The lowest BCUT2D eigenvalue weighted by Crippen LogP contribution is -2.42. The fraction of sp³-hybridized carbons (Fsp3) is 0.625. The molecule has 2 aliphatic heterocycles. The van der Waals surface area contributed by atoms with Crippen LogP contribution >= 0.6 is 11.6 Å². The third-order valence-electron chi connectivity index (χ3n) is 4.99. The molecule has 2 fully saturated rings. The van der Waals surface area contributed by atoms with Crippen molar-refractivity contribution in [3.63, 3.8) is 0 Å². The van der Waals surface area contributed by atoms with Gasteiger partial charge in [-0.15, -0.1) is 0 Å². The Hall–Kier alpha value is -0.770. The number of benzene rings is 1. The molecule has 3 nitrogen and oxygen atoms in total. The first-order valence-electron chi connectivity index (χ1n) is 7.53. The van der Waals surface area contributed by atoms with Gasteiger partial charge in [0.05, 0.1) is 0 Å². The summed E-state index contributed by atoms with van der Waals surface area (Å²) in [4.78, 5) is 2.57. The number of phenolic OH excluding ortho intramolecular Hbond substituents is 1. The van der Waals surface area contributed by atoms with Crippen molar-refractivity contribution in [3.05, 3.63) is 28.8 Å². The maximum absolute atomic E-state index is 9.80. The monoisotopic (exact) mass is 294 g/mol. The Morgan fingerprint density at radius 1 is 1.30 bits per heavy atom. The minimum Gasteiger partial charge on any atom is -0.508 e. The first-order chi connectivity index (χ1) is 9.63. The predicted molar refractivity (Wildman–Crippen MR) is 82.1 cm³/mol. The van der Waals surface area contributed by atoms with E-state index in [-0.39, 0.29) is 0 Å². The van der Waals surface area contributed by atoms with Crippen molar-refractivity contribution in [2.75, 3.05) is 13.6 Å². The van der Waals surface area contributed by atoms with Crippen LogP contribution < -0.4 is 5.32 Å². The van der Waals surface area contributed by atoms with Crippen molar-refractivity contribution in [1.29, 1.82) is 0 Å². The first kappa shape index (κ1) is 14.2. The Bertz CT molecular complexity index is 466. The van der Waals surface area contributed by atoms with Crippen molar-refractivity contribution in [3.8, 4) is 5.75 Å². The minimum atomic E-state index is 0.324. The number of aromatic hydroxyl groups is 1. The van der Waals surface area contributed by atoms with Crippen LogP contribution in [-0.2, 0) is 6.54 Å². The van der Waals surface area contributed by atoms with Gasteiger partial charge in [0.1, 0.15) is 5.75 Å². The highest BCUT2D eigenvalue weighted by molar-refractivity contribution is 6.30. The lowest BCUT2D eigenvalue weighted by Gasteiger charge is -2.36. The summed E-state index contributed by atoms with van der Waals surface area (Å²) in [7, 11) is 2.27. The topological polar surface area (TPSA) is 35.5 Å². The zero-order chi connectivity index (χ0) is 14.1. The second kappa shape index (κ2) is 5.92. The van der Waals surface area contributed by atoms with Crippen LogP contribution in [0.1, 0.15) is 31.2 Å². The van der Waals surface area contributed by atoms with E-state index in [4.69, 9.17) is 11.6 Å². The number of rotatable bonds is 4. The molecule has 0 aromatic heterocycles. The molecule has 2 heterocycles. The molecule has 110 valence electrons. The van der Waals surface area contributed by atoms with Gasteiger partial charge >= 0.3 is 0 Å². The van der Waals surface area contributed by atoms with E-state index in [2.05, 4.69) is 17.3 Å². The second-order valence-corrected chi connectivity index (χ2v) is 6.73. The molecule has 4 heteroatoms. The van der Waals surface area contributed by atoms with Crippen LogP contribution in [0.3, 0.4) is 0 Å². The third kappa shape index (κ3) is 2.95. The van der Waals surface area contributed by atoms with Crippen molar-refractivity contribution in [1.82, 2.24) is 10.2 Å². The summed E-state index contributed by atoms with van der Waals surface area (Å²) in [6, 6.07) is 6.80. The minimum absolute atomic E-state index is 0.324. The lowest BCUT2D eigenvalue weighted by atomic mass is 9.91. The maximum Gasteiger partial charge on any atom is 0.120 e. The van der Waals surface area contributed by atoms with Crippen molar-refractivity contribution < 1.29 is 5.11 Å². The zero-order valence-electron chi connectivity index (χ0n) is 12.0. The van der Waals surface area contributed by atoms with E-state index < -0.39 is 0 Å². The largest absolute Gasteiger partial charge is 0.508 e. The number of piperidine rings is 1. The Kier molecular flexibility index (Phi) is 4.20. The highest BCUT2D eigenvalue weighted by atomic mass is 35.5. The SMILES string of the molecule is CN1C2CCC1CC(CNCc1cc(Cl)ccc1O)C2. The average molecular weight is 295 g/mol. The normalized spacial score (nSPS) is 29.8. The molecule has 2 N–H and O–H groups in total. The van der Waals surface area contributed by atoms with Gasteiger partial charge in [-0.2, -0.15) is 0 Å². The van der Waals surface area contributed by atoms with E-state index >= 15 is 0 Å². The van der Waals surface area contributed by atoms with Gasteiger partial charge in [-0.25, -0.2) is 0 Å². The van der Waals surface area contributed by atoms with Crippen molar-refractivity contribution >= 4 is 11.6 Å². The Morgan fingerprint density at radius 2 is 2.00 bits per heavy atom. The van der Waals surface area contributed by atoms with Crippen LogP contribution in [0.5, 0.6) is 5.75 Å². The second-order valence-electron chi connectivity index (χ2n) is 6.29. The first-order valence-corrected chi connectivity index (χ1v) is 7.91. The van der Waals surface area contributed by atoms with Crippen LogP contribution in [-0.4, -0.2) is 35.7 Å². The van der Waals surface area contributed by atoms with E-state index in [1.807, 2.05) is 6.07 Å². The Morgan fingerprint density at radius 3 is 2.70 bits per heavy atom. The molecule has 0 amide bonds. The molecular formula is C16H23ClN2O. The summed E-state index contributed by atoms with van der Waals surface area (Å²) in [5.41, 5.74) is 0.883. The summed E-state index contributed by atoms with van der Waals surface area (Å²) in [6.07, 6.45) is 5.35. The van der Waals surface area contributed by atoms with Crippen LogP contribution in [0.4, 0.5) is 0 Å². The Labute approximate surface area is 125 Å². The molecule has 2 atom stereocenters. The number of nitrogens with zero attached hydrogens (tertiary/aromatic N) is 1. The van der Waals surface area contributed by atoms with E-state index in [1.165, 1.54) is 25.7 Å². The highest BCUT2D eigenvalue weighted by Crippen LogP contribution is 2.37. The van der Waals surface area contributed by atoms with Gasteiger partial charge in [0.2, 0.25) is 0 Å². The smallest absolute Gasteiger partial charge is 0.120 e. The summed E-state index contributed by atoms with van der Waals surface area (Å²) >= 11 is 5.96. The van der Waals surface area contributed by atoms with Crippen LogP contribution in [0.2, 0.25) is 5.02 Å². The van der Waals surface area contributed by atoms with Gasteiger partial charge in [0.15, 0.2) is 0 Å². The third-order valence-corrected chi connectivity index (χ3v) is 5.22. The molecular weight excluding hydrogens is 272 g/mol. The number of phenols is 1. The average Bonchev–Trinajstić information content (AvgIpc) is 2.65. The van der Waals surface area contributed by atoms with Crippen LogP contribution in [0.25, 0.3) is 0 Å². The molecule has 2 unspecified atom stereocenters. The fourth-order valence-electron chi connectivity index (χ4n) is 3.80. The standard InChI is InChI=1S/C16H23ClN2O/c1-19-14-3-4-15(19)7-11(6-14)9-18-10-12-8-13(17)2-5-16(12)20/h2,5,8,11,14-15,18,20H,3-4,6-7,9-10H2,1H3. The van der Waals surface area contributed by atoms with E-state index in [9.17, 15) is 5.11 Å². The molecule has 3 rings (SSSR count). The molecule has 0 aliphatic carbocycles. The van der Waals surface area contributed by atoms with Crippen molar-refractivity contribution in [2.45, 2.75) is 44.3 Å².